The summed E-state index contributed by atoms with van der Waals surface area (Å²) in [5, 5.41) is 20.4. The van der Waals surface area contributed by atoms with E-state index in [2.05, 4.69) is 0 Å². The summed E-state index contributed by atoms with van der Waals surface area (Å²) in [5.74, 6) is 0. The molecule has 0 amide bonds. The number of nitro benzene ring substituents is 2. The second-order valence-corrected chi connectivity index (χ2v) is 2.65. The molecule has 0 fully saturated rings. The first-order valence-corrected chi connectivity index (χ1v) is 3.74. The van der Waals surface area contributed by atoms with E-state index in [-0.39, 0.29) is 54.2 Å². The normalized spacial score (nSPS) is 8.84. The maximum absolute atomic E-state index is 10.2. The third-order valence-electron chi connectivity index (χ3n) is 1.78. The lowest BCUT2D eigenvalue weighted by Crippen LogP contribution is -2.06. The quantitative estimate of drug-likeness (QED) is 0.609. The van der Waals surface area contributed by atoms with Crippen LogP contribution in [0, 0.1) is 20.2 Å². The molecule has 2 rings (SSSR count). The van der Waals surface area contributed by atoms with Crippen molar-refractivity contribution in [2.24, 2.45) is 0 Å². The van der Waals surface area contributed by atoms with Crippen molar-refractivity contribution in [3.63, 3.8) is 0 Å². The van der Waals surface area contributed by atoms with Gasteiger partial charge in [-0.15, -0.1) is 37.2 Å². The lowest BCUT2D eigenvalue weighted by molar-refractivity contribution is -0.394. The van der Waals surface area contributed by atoms with Gasteiger partial charge in [-0.25, -0.2) is 0 Å². The van der Waals surface area contributed by atoms with Crippen molar-refractivity contribution in [2.45, 2.75) is 6.68 Å². The molecule has 6 nitrogen and oxygen atoms in total. The van der Waals surface area contributed by atoms with Gasteiger partial charge in [-0.3, -0.25) is 20.2 Å². The van der Waals surface area contributed by atoms with Gasteiger partial charge in [0.2, 0.25) is 0 Å². The Kier molecular flexibility index (Phi) is 10.5. The molecule has 0 atom stereocenters. The number of rotatable bonds is 2. The summed E-state index contributed by atoms with van der Waals surface area (Å²) in [6.45, 7) is -3.67. The molecule has 110 valence electrons. The summed E-state index contributed by atoms with van der Waals surface area (Å²) < 4.78 is 29.0. The van der Waals surface area contributed by atoms with Gasteiger partial charge in [0.1, 0.15) is 5.56 Å². The number of alkyl halides is 3. The molecule has 0 bridgehead atoms. The zero-order valence-corrected chi connectivity index (χ0v) is 11.1. The maximum atomic E-state index is 10.2. The molecule has 0 saturated carbocycles. The summed E-state index contributed by atoms with van der Waals surface area (Å²) in [5.41, 5.74) is 0.483. The summed E-state index contributed by atoms with van der Waals surface area (Å²) >= 11 is 0. The molecule has 0 saturated heterocycles. The van der Waals surface area contributed by atoms with E-state index in [1.807, 2.05) is 0 Å². The van der Waals surface area contributed by atoms with Gasteiger partial charge < -0.3 is 0 Å². The Hall–Kier alpha value is -1.32. The van der Waals surface area contributed by atoms with Crippen LogP contribution in [0.5, 0.6) is 0 Å². The van der Waals surface area contributed by atoms with Crippen molar-refractivity contribution >= 4 is 48.6 Å². The van der Waals surface area contributed by atoms with Crippen LogP contribution in [0.3, 0.4) is 0 Å². The van der Waals surface area contributed by atoms with Crippen LogP contribution in [0.1, 0.15) is 0 Å². The van der Waals surface area contributed by atoms with Gasteiger partial charge in [0, 0.05) is 17.7 Å². The summed E-state index contributed by atoms with van der Waals surface area (Å²) in [4.78, 5) is 19.2. The van der Waals surface area contributed by atoms with Gasteiger partial charge in [-0.2, -0.15) is 13.2 Å². The maximum Gasteiger partial charge on any atom is 0.379 e. The Bertz CT molecular complexity index is 437. The first-order chi connectivity index (χ1) is 7.34. The number of hydrogen-bond acceptors (Lipinski definition) is 4. The highest BCUT2D eigenvalue weighted by atomic mass is 35.5. The topological polar surface area (TPSA) is 86.3 Å². The molecule has 0 heterocycles. The number of benzene rings is 1. The molecule has 12 heteroatoms. The van der Waals surface area contributed by atoms with E-state index in [4.69, 9.17) is 0 Å². The third-order valence-corrected chi connectivity index (χ3v) is 1.78. The van der Waals surface area contributed by atoms with Gasteiger partial charge in [0.05, 0.1) is 9.85 Å². The Morgan fingerprint density at radius 1 is 0.895 bits per heavy atom. The molecular formula is C7H6Cl3F3N2O4. The average Bonchev–Trinajstić information content (AvgIpc) is 2.06. The summed E-state index contributed by atoms with van der Waals surface area (Å²) in [6, 6.07) is 2.64. The van der Waals surface area contributed by atoms with Crippen molar-refractivity contribution in [2.75, 3.05) is 0 Å². The van der Waals surface area contributed by atoms with Crippen LogP contribution in [-0.4, -0.2) is 16.5 Å². The van der Waals surface area contributed by atoms with Crippen molar-refractivity contribution < 1.29 is 23.0 Å². The third kappa shape index (κ3) is 5.05. The van der Waals surface area contributed by atoms with Crippen molar-refractivity contribution in [3.8, 4) is 11.1 Å². The second kappa shape index (κ2) is 8.73. The first-order valence-electron chi connectivity index (χ1n) is 3.74. The molecule has 2 aliphatic rings. The Balaban J connectivity index is -0.000000329. The van der Waals surface area contributed by atoms with Crippen LogP contribution in [0.15, 0.2) is 12.1 Å². The minimum absolute atomic E-state index is 0. The Labute approximate surface area is 122 Å². The Morgan fingerprint density at radius 3 is 1.32 bits per heavy atom. The van der Waals surface area contributed by atoms with Crippen LogP contribution in [0.4, 0.5) is 24.5 Å². The minimum atomic E-state index is -3.67. The average molecular weight is 345 g/mol. The first kappa shape index (κ1) is 22.8. The summed E-state index contributed by atoms with van der Waals surface area (Å²) in [6.07, 6.45) is 0. The van der Waals surface area contributed by atoms with E-state index < -0.39 is 16.5 Å². The van der Waals surface area contributed by atoms with Gasteiger partial charge in [-0.1, -0.05) is 0 Å². The van der Waals surface area contributed by atoms with Crippen LogP contribution >= 0.6 is 37.2 Å². The highest BCUT2D eigenvalue weighted by Crippen LogP contribution is 2.50. The fourth-order valence-electron chi connectivity index (χ4n) is 1.18. The van der Waals surface area contributed by atoms with E-state index in [1.165, 1.54) is 12.1 Å². The molecule has 0 aromatic heterocycles. The fraction of sp³-hybridized carbons (Fsp3) is 0.143. The van der Waals surface area contributed by atoms with Crippen LogP contribution in [-0.2, 0) is 0 Å². The number of nitro groups is 2. The standard InChI is InChI=1S/C6H2N2O4.CHF3.3ClH/c9-7(10)4-1-3-2-5(6(3)4)8(11)12;2-1(3)4;;;/h1-2H;1H;3*1H. The molecule has 0 spiro atoms. The van der Waals surface area contributed by atoms with Crippen molar-refractivity contribution in [1.29, 1.82) is 0 Å². The molecule has 0 aromatic rings. The predicted molar refractivity (Wildman–Crippen MR) is 67.6 cm³/mol. The number of halogens is 6. The molecule has 0 radical (unpaired) electrons. The SMILES string of the molecule is Cl.Cl.Cl.FC(F)F.O=[N+]([O-])c1cc2cc([N+](=O)[O-])c1-2. The lowest BCUT2D eigenvalue weighted by Gasteiger charge is -2.14. The summed E-state index contributed by atoms with van der Waals surface area (Å²) in [7, 11) is 0. The van der Waals surface area contributed by atoms with Gasteiger partial charge >= 0.3 is 6.68 Å². The Morgan fingerprint density at radius 2 is 1.16 bits per heavy atom. The minimum Gasteiger partial charge on any atom is -0.258 e. The van der Waals surface area contributed by atoms with E-state index in [0.29, 0.717) is 5.56 Å². The largest absolute Gasteiger partial charge is 0.379 e. The van der Waals surface area contributed by atoms with E-state index in [1.54, 1.807) is 0 Å². The van der Waals surface area contributed by atoms with Crippen LogP contribution < -0.4 is 0 Å². The van der Waals surface area contributed by atoms with E-state index >= 15 is 0 Å². The number of nitrogens with zero attached hydrogens (tertiary/aromatic N) is 2. The van der Waals surface area contributed by atoms with Crippen molar-refractivity contribution in [1.82, 2.24) is 0 Å². The van der Waals surface area contributed by atoms with E-state index in [9.17, 15) is 33.4 Å². The van der Waals surface area contributed by atoms with Crippen LogP contribution in [0.2, 0.25) is 0 Å². The molecule has 0 N–H and O–H groups in total. The zero-order chi connectivity index (χ0) is 12.5. The van der Waals surface area contributed by atoms with Gasteiger partial charge in [0.15, 0.2) is 0 Å². The number of hydrogen-bond donors (Lipinski definition) is 0. The second-order valence-electron chi connectivity index (χ2n) is 2.65. The molecule has 0 aliphatic heterocycles. The van der Waals surface area contributed by atoms with Gasteiger partial charge in [-0.05, 0) is 0 Å². The molecule has 0 aromatic carbocycles. The fourth-order valence-corrected chi connectivity index (χ4v) is 1.18. The molecular weight excluding hydrogens is 339 g/mol. The number of fused-ring (bicyclic) bond motifs is 1. The lowest BCUT2D eigenvalue weighted by atomic mass is 9.88. The monoisotopic (exact) mass is 344 g/mol. The molecule has 0 unspecified atom stereocenters. The molecule has 19 heavy (non-hydrogen) atoms. The van der Waals surface area contributed by atoms with E-state index in [0.717, 1.165) is 0 Å². The highest BCUT2D eigenvalue weighted by molar-refractivity contribution is 5.97. The van der Waals surface area contributed by atoms with Gasteiger partial charge in [0.25, 0.3) is 11.4 Å². The smallest absolute Gasteiger partial charge is 0.258 e. The highest BCUT2D eigenvalue weighted by Gasteiger charge is 2.38. The zero-order valence-electron chi connectivity index (χ0n) is 8.62. The molecule has 2 aliphatic carbocycles. The predicted octanol–water partition coefficient (Wildman–Crippen LogP) is 3.93. The van der Waals surface area contributed by atoms with Crippen LogP contribution in [0.25, 0.3) is 11.1 Å². The van der Waals surface area contributed by atoms with Crippen molar-refractivity contribution in [3.05, 3.63) is 32.4 Å².